The quantitative estimate of drug-likeness (QED) is 0.249. The lowest BCUT2D eigenvalue weighted by molar-refractivity contribution is 0.0601. The molecule has 0 aliphatic heterocycles. The van der Waals surface area contributed by atoms with E-state index in [4.69, 9.17) is 9.72 Å². The van der Waals surface area contributed by atoms with E-state index >= 15 is 0 Å². The molecule has 6 nitrogen and oxygen atoms in total. The average Bonchev–Trinajstić information content (AvgIpc) is 3.26. The minimum absolute atomic E-state index is 0.0183. The van der Waals surface area contributed by atoms with E-state index in [-0.39, 0.29) is 11.5 Å². The van der Waals surface area contributed by atoms with Crippen LogP contribution in [-0.2, 0) is 17.0 Å². The van der Waals surface area contributed by atoms with Crippen LogP contribution in [0, 0.1) is 0 Å². The van der Waals surface area contributed by atoms with Gasteiger partial charge in [0, 0.05) is 23.2 Å². The largest absolute Gasteiger partial charge is 0.465 e. The van der Waals surface area contributed by atoms with E-state index in [1.807, 2.05) is 48.7 Å². The van der Waals surface area contributed by atoms with Gasteiger partial charge in [0.1, 0.15) is 5.01 Å². The number of nitrogens with zero attached hydrogens (tertiary/aromatic N) is 3. The second kappa shape index (κ2) is 8.81. The summed E-state index contributed by atoms with van der Waals surface area (Å²) in [5.41, 5.74) is 3.06. The average molecular weight is 438 g/mol. The summed E-state index contributed by atoms with van der Waals surface area (Å²) >= 11 is 3.05. The van der Waals surface area contributed by atoms with Crippen molar-refractivity contribution in [3.63, 3.8) is 0 Å². The second-order valence-electron chi connectivity index (χ2n) is 6.46. The van der Waals surface area contributed by atoms with E-state index in [0.29, 0.717) is 33.9 Å². The highest BCUT2D eigenvalue weighted by Gasteiger charge is 2.12. The summed E-state index contributed by atoms with van der Waals surface area (Å²) in [4.78, 5) is 33.7. The molecule has 152 valence electrons. The van der Waals surface area contributed by atoms with Crippen LogP contribution in [0.3, 0.4) is 0 Å². The summed E-state index contributed by atoms with van der Waals surface area (Å²) in [5.74, 6) is 0.254. The van der Waals surface area contributed by atoms with Gasteiger partial charge in [0.05, 0.1) is 29.3 Å². The first-order valence-corrected chi connectivity index (χ1v) is 11.2. The zero-order valence-electron chi connectivity index (χ0n) is 16.5. The third kappa shape index (κ3) is 4.01. The van der Waals surface area contributed by atoms with Crippen LogP contribution in [0.1, 0.15) is 23.0 Å². The van der Waals surface area contributed by atoms with E-state index in [1.54, 1.807) is 28.0 Å². The second-order valence-corrected chi connectivity index (χ2v) is 8.26. The Labute approximate surface area is 181 Å². The van der Waals surface area contributed by atoms with Gasteiger partial charge in [0.15, 0.2) is 5.16 Å². The highest BCUT2D eigenvalue weighted by molar-refractivity contribution is 7.98. The standard InChI is InChI=1S/C22H19N3O3S2/c1-3-25-20(26)17-6-4-5-7-18(17)24-22(25)30-13-16-12-29-19(23-16)14-8-10-15(11-9-14)21(27)28-2/h4-12H,3,13H2,1-2H3. The monoisotopic (exact) mass is 437 g/mol. The molecule has 0 atom stereocenters. The van der Waals surface area contributed by atoms with Crippen molar-refractivity contribution in [3.05, 3.63) is 75.5 Å². The number of ether oxygens (including phenoxy) is 1. The molecule has 0 spiro atoms. The molecule has 0 N–H and O–H groups in total. The maximum atomic E-state index is 12.7. The minimum Gasteiger partial charge on any atom is -0.465 e. The summed E-state index contributed by atoms with van der Waals surface area (Å²) in [6.07, 6.45) is 0. The van der Waals surface area contributed by atoms with Crippen molar-refractivity contribution in [2.75, 3.05) is 7.11 Å². The number of thioether (sulfide) groups is 1. The van der Waals surface area contributed by atoms with Gasteiger partial charge < -0.3 is 4.74 Å². The molecule has 0 unspecified atom stereocenters. The van der Waals surface area contributed by atoms with Crippen molar-refractivity contribution < 1.29 is 9.53 Å². The molecule has 0 radical (unpaired) electrons. The first-order chi connectivity index (χ1) is 14.6. The van der Waals surface area contributed by atoms with Crippen LogP contribution in [0.5, 0.6) is 0 Å². The van der Waals surface area contributed by atoms with Gasteiger partial charge in [-0.25, -0.2) is 14.8 Å². The number of hydrogen-bond donors (Lipinski definition) is 0. The van der Waals surface area contributed by atoms with Crippen molar-refractivity contribution in [1.29, 1.82) is 0 Å². The zero-order chi connectivity index (χ0) is 21.1. The van der Waals surface area contributed by atoms with Crippen molar-refractivity contribution in [2.24, 2.45) is 0 Å². The molecule has 30 heavy (non-hydrogen) atoms. The van der Waals surface area contributed by atoms with Gasteiger partial charge in [-0.3, -0.25) is 9.36 Å². The lowest BCUT2D eigenvalue weighted by Gasteiger charge is -2.10. The van der Waals surface area contributed by atoms with Crippen LogP contribution >= 0.6 is 23.1 Å². The molecule has 0 aliphatic rings. The fourth-order valence-corrected chi connectivity index (χ4v) is 4.93. The highest BCUT2D eigenvalue weighted by Crippen LogP contribution is 2.28. The number of benzene rings is 2. The van der Waals surface area contributed by atoms with Gasteiger partial charge >= 0.3 is 5.97 Å². The van der Waals surface area contributed by atoms with Crippen LogP contribution in [-0.4, -0.2) is 27.6 Å². The Morgan fingerprint density at radius 3 is 2.63 bits per heavy atom. The molecule has 0 saturated carbocycles. The number of aromatic nitrogens is 3. The molecule has 4 rings (SSSR count). The van der Waals surface area contributed by atoms with E-state index in [9.17, 15) is 9.59 Å². The molecule has 2 aromatic carbocycles. The number of rotatable bonds is 6. The number of hydrogen-bond acceptors (Lipinski definition) is 7. The third-order valence-electron chi connectivity index (χ3n) is 4.60. The molecule has 0 saturated heterocycles. The van der Waals surface area contributed by atoms with Crippen LogP contribution in [0.15, 0.2) is 63.9 Å². The summed E-state index contributed by atoms with van der Waals surface area (Å²) in [5, 5.41) is 4.21. The van der Waals surface area contributed by atoms with Crippen LogP contribution in [0.25, 0.3) is 21.5 Å². The molecular formula is C22H19N3O3S2. The van der Waals surface area contributed by atoms with Crippen molar-refractivity contribution in [3.8, 4) is 10.6 Å². The van der Waals surface area contributed by atoms with Crippen molar-refractivity contribution in [1.82, 2.24) is 14.5 Å². The molecule has 0 aliphatic carbocycles. The summed E-state index contributed by atoms with van der Waals surface area (Å²) < 4.78 is 6.43. The molecule has 4 aromatic rings. The molecule has 2 aromatic heterocycles. The summed E-state index contributed by atoms with van der Waals surface area (Å²) in [7, 11) is 1.36. The predicted molar refractivity (Wildman–Crippen MR) is 120 cm³/mol. The molecule has 0 amide bonds. The lowest BCUT2D eigenvalue weighted by Crippen LogP contribution is -2.22. The Hall–Kier alpha value is -2.97. The van der Waals surface area contributed by atoms with Gasteiger partial charge in [-0.1, -0.05) is 36.0 Å². The maximum absolute atomic E-state index is 12.7. The maximum Gasteiger partial charge on any atom is 0.337 e. The fraction of sp³-hybridized carbons (Fsp3) is 0.182. The number of methoxy groups -OCH3 is 1. The number of esters is 1. The number of carbonyl (C=O) groups is 1. The Kier molecular flexibility index (Phi) is 5.96. The van der Waals surface area contributed by atoms with Crippen LogP contribution in [0.4, 0.5) is 0 Å². The number of thiazole rings is 1. The smallest absolute Gasteiger partial charge is 0.337 e. The minimum atomic E-state index is -0.359. The lowest BCUT2D eigenvalue weighted by atomic mass is 10.1. The van der Waals surface area contributed by atoms with E-state index < -0.39 is 0 Å². The number of carbonyl (C=O) groups excluding carboxylic acids is 1. The highest BCUT2D eigenvalue weighted by atomic mass is 32.2. The van der Waals surface area contributed by atoms with Crippen molar-refractivity contribution in [2.45, 2.75) is 24.4 Å². The molecule has 0 fully saturated rings. The van der Waals surface area contributed by atoms with Gasteiger partial charge in [0.2, 0.25) is 0 Å². The zero-order valence-corrected chi connectivity index (χ0v) is 18.1. The Morgan fingerprint density at radius 2 is 1.90 bits per heavy atom. The van der Waals surface area contributed by atoms with Crippen LogP contribution in [0.2, 0.25) is 0 Å². The van der Waals surface area contributed by atoms with Crippen molar-refractivity contribution >= 4 is 40.0 Å². The Balaban J connectivity index is 1.54. The molecular weight excluding hydrogens is 418 g/mol. The van der Waals surface area contributed by atoms with Gasteiger partial charge in [-0.05, 0) is 31.2 Å². The van der Waals surface area contributed by atoms with Gasteiger partial charge in [-0.2, -0.15) is 0 Å². The predicted octanol–water partition coefficient (Wildman–Crippen LogP) is 4.62. The first-order valence-electron chi connectivity index (χ1n) is 9.36. The first kappa shape index (κ1) is 20.3. The van der Waals surface area contributed by atoms with Crippen LogP contribution < -0.4 is 5.56 Å². The SMILES string of the molecule is CCn1c(SCc2csc(-c3ccc(C(=O)OC)cc3)n2)nc2ccccc2c1=O. The van der Waals surface area contributed by atoms with E-state index in [0.717, 1.165) is 16.3 Å². The molecule has 2 heterocycles. The summed E-state index contributed by atoms with van der Waals surface area (Å²) in [6, 6.07) is 14.6. The molecule has 8 heteroatoms. The van der Waals surface area contributed by atoms with Gasteiger partial charge in [-0.15, -0.1) is 11.3 Å². The van der Waals surface area contributed by atoms with E-state index in [2.05, 4.69) is 4.98 Å². The normalized spacial score (nSPS) is 11.0. The Morgan fingerprint density at radius 1 is 1.13 bits per heavy atom. The summed E-state index contributed by atoms with van der Waals surface area (Å²) in [6.45, 7) is 2.51. The Bertz CT molecular complexity index is 1260. The number of fused-ring (bicyclic) bond motifs is 1. The van der Waals surface area contributed by atoms with E-state index in [1.165, 1.54) is 18.9 Å². The molecule has 0 bridgehead atoms. The fourth-order valence-electron chi connectivity index (χ4n) is 3.05. The topological polar surface area (TPSA) is 74.1 Å². The number of para-hydroxylation sites is 1. The van der Waals surface area contributed by atoms with Gasteiger partial charge in [0.25, 0.3) is 5.56 Å². The third-order valence-corrected chi connectivity index (χ3v) is 6.55.